The molecule has 4 atom stereocenters. The van der Waals surface area contributed by atoms with Crippen molar-refractivity contribution in [3.63, 3.8) is 0 Å². The van der Waals surface area contributed by atoms with Crippen molar-refractivity contribution < 1.29 is 19.1 Å². The predicted molar refractivity (Wildman–Crippen MR) is 138 cm³/mol. The van der Waals surface area contributed by atoms with E-state index < -0.39 is 24.1 Å². The van der Waals surface area contributed by atoms with Gasteiger partial charge in [0.1, 0.15) is 12.2 Å². The van der Waals surface area contributed by atoms with Crippen molar-refractivity contribution in [3.05, 3.63) is 70.8 Å². The zero-order valence-corrected chi connectivity index (χ0v) is 21.8. The van der Waals surface area contributed by atoms with Gasteiger partial charge in [-0.05, 0) is 73.9 Å². The quantitative estimate of drug-likeness (QED) is 0.288. The second-order valence-corrected chi connectivity index (χ2v) is 9.81. The standard InChI is InChI=1S/C30H42O4/c1-7-9-21(3)19-25-11-15-27(16-12-25)29(31)33-23(5)24(6)34-30(32)28-17-13-26(14-18-28)20-22(4)10-8-2/h11-18,21-24H,7-10,19-20H2,1-6H3. The Labute approximate surface area is 206 Å². The van der Waals surface area contributed by atoms with Crippen molar-refractivity contribution in [1.82, 2.24) is 0 Å². The van der Waals surface area contributed by atoms with Crippen molar-refractivity contribution in [2.75, 3.05) is 0 Å². The average molecular weight is 467 g/mol. The molecule has 0 saturated heterocycles. The lowest BCUT2D eigenvalue weighted by molar-refractivity contribution is -0.0239. The molecule has 0 saturated carbocycles. The molecule has 0 aliphatic carbocycles. The lowest BCUT2D eigenvalue weighted by atomic mass is 9.96. The minimum atomic E-state index is -0.560. The summed E-state index contributed by atoms with van der Waals surface area (Å²) in [6.07, 6.45) is 5.63. The van der Waals surface area contributed by atoms with Crippen LogP contribution in [0, 0.1) is 11.8 Å². The van der Waals surface area contributed by atoms with Gasteiger partial charge in [-0.25, -0.2) is 9.59 Å². The maximum atomic E-state index is 12.6. The van der Waals surface area contributed by atoms with E-state index in [1.807, 2.05) is 48.5 Å². The molecule has 0 heterocycles. The number of hydrogen-bond acceptors (Lipinski definition) is 4. The fourth-order valence-corrected chi connectivity index (χ4v) is 4.21. The van der Waals surface area contributed by atoms with Crippen molar-refractivity contribution in [2.45, 2.75) is 92.3 Å². The Hall–Kier alpha value is -2.62. The van der Waals surface area contributed by atoms with Crippen LogP contribution in [0.25, 0.3) is 0 Å². The Morgan fingerprint density at radius 3 is 1.24 bits per heavy atom. The van der Waals surface area contributed by atoms with E-state index in [9.17, 15) is 9.59 Å². The molecule has 2 aromatic carbocycles. The van der Waals surface area contributed by atoms with Gasteiger partial charge in [-0.15, -0.1) is 0 Å². The number of rotatable bonds is 13. The van der Waals surface area contributed by atoms with Crippen LogP contribution >= 0.6 is 0 Å². The normalized spacial score (nSPS) is 14.6. The molecule has 4 heteroatoms. The largest absolute Gasteiger partial charge is 0.455 e. The molecule has 186 valence electrons. The Morgan fingerprint density at radius 2 is 0.941 bits per heavy atom. The molecule has 2 rings (SSSR count). The van der Waals surface area contributed by atoms with E-state index in [1.165, 1.54) is 36.8 Å². The van der Waals surface area contributed by atoms with Gasteiger partial charge in [-0.2, -0.15) is 0 Å². The van der Waals surface area contributed by atoms with E-state index in [0.717, 1.165) is 12.8 Å². The lowest BCUT2D eigenvalue weighted by Crippen LogP contribution is -2.30. The molecule has 0 amide bonds. The molecule has 0 spiro atoms. The van der Waals surface area contributed by atoms with Gasteiger partial charge in [0.25, 0.3) is 0 Å². The van der Waals surface area contributed by atoms with Crippen LogP contribution in [-0.4, -0.2) is 24.1 Å². The van der Waals surface area contributed by atoms with Gasteiger partial charge in [0.15, 0.2) is 0 Å². The minimum absolute atomic E-state index is 0.408. The van der Waals surface area contributed by atoms with Crippen LogP contribution in [-0.2, 0) is 22.3 Å². The first-order valence-electron chi connectivity index (χ1n) is 12.8. The number of ether oxygens (including phenoxy) is 2. The first kappa shape index (κ1) is 27.6. The Balaban J connectivity index is 1.86. The molecular formula is C30H42O4. The first-order chi connectivity index (χ1) is 16.2. The van der Waals surface area contributed by atoms with Crippen molar-refractivity contribution in [2.24, 2.45) is 11.8 Å². The molecule has 2 aromatic rings. The minimum Gasteiger partial charge on any atom is -0.455 e. The predicted octanol–water partition coefficient (Wildman–Crippen LogP) is 7.43. The van der Waals surface area contributed by atoms with Gasteiger partial charge >= 0.3 is 11.9 Å². The highest BCUT2D eigenvalue weighted by atomic mass is 16.6. The third kappa shape index (κ3) is 8.96. The van der Waals surface area contributed by atoms with E-state index in [2.05, 4.69) is 27.7 Å². The SMILES string of the molecule is CCCC(C)Cc1ccc(C(=O)OC(C)C(C)OC(=O)c2ccc(CC(C)CCC)cc2)cc1. The summed E-state index contributed by atoms with van der Waals surface area (Å²) in [4.78, 5) is 25.1. The monoisotopic (exact) mass is 466 g/mol. The van der Waals surface area contributed by atoms with E-state index in [-0.39, 0.29) is 0 Å². The van der Waals surface area contributed by atoms with Crippen LogP contribution in [0.1, 0.15) is 99.1 Å². The zero-order valence-electron chi connectivity index (χ0n) is 21.8. The smallest absolute Gasteiger partial charge is 0.338 e. The highest BCUT2D eigenvalue weighted by Gasteiger charge is 2.22. The van der Waals surface area contributed by atoms with Crippen molar-refractivity contribution in [3.8, 4) is 0 Å². The van der Waals surface area contributed by atoms with Gasteiger partial charge in [-0.1, -0.05) is 77.6 Å². The summed E-state index contributed by atoms with van der Waals surface area (Å²) < 4.78 is 11.1. The molecule has 0 radical (unpaired) electrons. The highest BCUT2D eigenvalue weighted by Crippen LogP contribution is 2.17. The second kappa shape index (κ2) is 13.9. The number of benzene rings is 2. The summed E-state index contributed by atoms with van der Waals surface area (Å²) in [7, 11) is 0. The summed E-state index contributed by atoms with van der Waals surface area (Å²) in [5.41, 5.74) is 3.45. The Bertz CT molecular complexity index is 810. The molecule has 34 heavy (non-hydrogen) atoms. The van der Waals surface area contributed by atoms with Gasteiger partial charge in [0, 0.05) is 0 Å². The summed E-state index contributed by atoms with van der Waals surface area (Å²) in [5.74, 6) is 0.432. The van der Waals surface area contributed by atoms with Gasteiger partial charge < -0.3 is 9.47 Å². The molecule has 0 aromatic heterocycles. The fourth-order valence-electron chi connectivity index (χ4n) is 4.21. The second-order valence-electron chi connectivity index (χ2n) is 9.81. The third-order valence-corrected chi connectivity index (χ3v) is 6.36. The molecule has 0 N–H and O–H groups in total. The summed E-state index contributed by atoms with van der Waals surface area (Å²) >= 11 is 0. The Kier molecular flexibility index (Phi) is 11.3. The van der Waals surface area contributed by atoms with E-state index in [4.69, 9.17) is 9.47 Å². The van der Waals surface area contributed by atoms with E-state index in [0.29, 0.717) is 23.0 Å². The summed E-state index contributed by atoms with van der Waals surface area (Å²) in [6, 6.07) is 15.2. The van der Waals surface area contributed by atoms with Crippen LogP contribution in [0.15, 0.2) is 48.5 Å². The van der Waals surface area contributed by atoms with Crippen LogP contribution < -0.4 is 0 Å². The molecule has 0 fully saturated rings. The van der Waals surface area contributed by atoms with Crippen molar-refractivity contribution in [1.29, 1.82) is 0 Å². The number of carbonyl (C=O) groups excluding carboxylic acids is 2. The molecule has 0 bridgehead atoms. The topological polar surface area (TPSA) is 52.6 Å². The van der Waals surface area contributed by atoms with Gasteiger partial charge in [0.05, 0.1) is 11.1 Å². The van der Waals surface area contributed by atoms with E-state index >= 15 is 0 Å². The van der Waals surface area contributed by atoms with Crippen LogP contribution in [0.2, 0.25) is 0 Å². The van der Waals surface area contributed by atoms with E-state index in [1.54, 1.807) is 13.8 Å². The number of esters is 2. The average Bonchev–Trinajstić information content (AvgIpc) is 2.80. The maximum Gasteiger partial charge on any atom is 0.338 e. The summed E-state index contributed by atoms with van der Waals surface area (Å²) in [6.45, 7) is 12.4. The van der Waals surface area contributed by atoms with Crippen LogP contribution in [0.4, 0.5) is 0 Å². The number of hydrogen-bond donors (Lipinski definition) is 0. The summed E-state index contributed by atoms with van der Waals surface area (Å²) in [5, 5.41) is 0. The first-order valence-corrected chi connectivity index (χ1v) is 12.8. The van der Waals surface area contributed by atoms with Crippen molar-refractivity contribution >= 4 is 11.9 Å². The number of carbonyl (C=O) groups is 2. The molecular weight excluding hydrogens is 424 g/mol. The fraction of sp³-hybridized carbons (Fsp3) is 0.533. The lowest BCUT2D eigenvalue weighted by Gasteiger charge is -2.21. The maximum absolute atomic E-state index is 12.6. The Morgan fingerprint density at radius 1 is 0.618 bits per heavy atom. The zero-order chi connectivity index (χ0) is 25.1. The van der Waals surface area contributed by atoms with Gasteiger partial charge in [-0.3, -0.25) is 0 Å². The van der Waals surface area contributed by atoms with Crippen LogP contribution in [0.5, 0.6) is 0 Å². The highest BCUT2D eigenvalue weighted by molar-refractivity contribution is 5.90. The molecule has 0 aliphatic heterocycles. The molecule has 0 aliphatic rings. The molecule has 4 nitrogen and oxygen atoms in total. The third-order valence-electron chi connectivity index (χ3n) is 6.36. The molecule has 4 unspecified atom stereocenters. The van der Waals surface area contributed by atoms with Gasteiger partial charge in [0.2, 0.25) is 0 Å². The van der Waals surface area contributed by atoms with Crippen LogP contribution in [0.3, 0.4) is 0 Å².